The second kappa shape index (κ2) is 5.46. The Bertz CT molecular complexity index is 258. The summed E-state index contributed by atoms with van der Waals surface area (Å²) in [7, 11) is 0. The molecule has 0 spiro atoms. The van der Waals surface area contributed by atoms with Gasteiger partial charge in [-0.1, -0.05) is 6.08 Å². The molecule has 16 heavy (non-hydrogen) atoms. The van der Waals surface area contributed by atoms with Crippen molar-refractivity contribution in [2.45, 2.75) is 31.3 Å². The quantitative estimate of drug-likeness (QED) is 0.693. The molecule has 90 valence electrons. The van der Waals surface area contributed by atoms with E-state index in [0.29, 0.717) is 25.6 Å². The molecule has 0 aromatic carbocycles. The number of carbonyl (C=O) groups excluding carboxylic acids is 1. The highest BCUT2D eigenvalue weighted by Gasteiger charge is 2.32. The van der Waals surface area contributed by atoms with E-state index in [9.17, 15) is 4.79 Å². The summed E-state index contributed by atoms with van der Waals surface area (Å²) in [6, 6.07) is 0.655. The van der Waals surface area contributed by atoms with Crippen molar-refractivity contribution in [2.24, 2.45) is 0 Å². The first kappa shape index (κ1) is 11.6. The Morgan fingerprint density at radius 1 is 1.56 bits per heavy atom. The van der Waals surface area contributed by atoms with Gasteiger partial charge in [-0.05, 0) is 12.8 Å². The van der Waals surface area contributed by atoms with Crippen LogP contribution in [-0.2, 0) is 9.53 Å². The highest BCUT2D eigenvalue weighted by molar-refractivity contribution is 5.77. The van der Waals surface area contributed by atoms with E-state index in [2.05, 4.69) is 11.9 Å². The smallest absolute Gasteiger partial charge is 0.224 e. The van der Waals surface area contributed by atoms with Gasteiger partial charge >= 0.3 is 0 Å². The van der Waals surface area contributed by atoms with E-state index >= 15 is 0 Å². The number of hydrogen-bond acceptors (Lipinski definition) is 3. The topological polar surface area (TPSA) is 41.6 Å². The predicted molar refractivity (Wildman–Crippen MR) is 62.2 cm³/mol. The summed E-state index contributed by atoms with van der Waals surface area (Å²) in [5, 5.41) is 3.31. The summed E-state index contributed by atoms with van der Waals surface area (Å²) in [6.07, 6.45) is 4.65. The molecule has 1 saturated carbocycles. The van der Waals surface area contributed by atoms with Crippen LogP contribution in [0.2, 0.25) is 0 Å². The molecule has 2 aliphatic rings. The lowest BCUT2D eigenvalue weighted by molar-refractivity contribution is -0.132. The van der Waals surface area contributed by atoms with Crippen molar-refractivity contribution in [2.75, 3.05) is 26.3 Å². The van der Waals surface area contributed by atoms with Crippen molar-refractivity contribution in [1.29, 1.82) is 0 Å². The van der Waals surface area contributed by atoms with Gasteiger partial charge in [-0.3, -0.25) is 4.79 Å². The Morgan fingerprint density at radius 2 is 2.38 bits per heavy atom. The average Bonchev–Trinajstić information content (AvgIpc) is 3.11. The molecule has 1 saturated heterocycles. The van der Waals surface area contributed by atoms with Gasteiger partial charge in [0.2, 0.25) is 5.91 Å². The summed E-state index contributed by atoms with van der Waals surface area (Å²) in [5.74, 6) is 0.227. The number of amides is 1. The first-order chi connectivity index (χ1) is 7.81. The van der Waals surface area contributed by atoms with Crippen LogP contribution >= 0.6 is 0 Å². The lowest BCUT2D eigenvalue weighted by Gasteiger charge is -2.27. The van der Waals surface area contributed by atoms with Crippen LogP contribution in [0.3, 0.4) is 0 Å². The zero-order chi connectivity index (χ0) is 11.4. The minimum Gasteiger partial charge on any atom is -0.378 e. The molecular weight excluding hydrogens is 204 g/mol. The van der Waals surface area contributed by atoms with Gasteiger partial charge in [-0.2, -0.15) is 0 Å². The third-order valence-electron chi connectivity index (χ3n) is 3.05. The van der Waals surface area contributed by atoms with Crippen LogP contribution in [0, 0.1) is 0 Å². The van der Waals surface area contributed by atoms with Crippen LogP contribution < -0.4 is 5.32 Å². The van der Waals surface area contributed by atoms with Crippen LogP contribution in [0.25, 0.3) is 0 Å². The predicted octanol–water partition coefficient (Wildman–Crippen LogP) is 0.542. The Kier molecular flexibility index (Phi) is 3.96. The summed E-state index contributed by atoms with van der Waals surface area (Å²) < 4.78 is 5.35. The van der Waals surface area contributed by atoms with E-state index in [1.807, 2.05) is 4.90 Å². The third-order valence-corrected chi connectivity index (χ3v) is 3.05. The standard InChI is InChI=1S/C12H20N2O2/c1-2-6-14(11-3-4-11)12(15)8-10-9-16-7-5-13-10/h2,10-11,13H,1,3-9H2. The van der Waals surface area contributed by atoms with Crippen molar-refractivity contribution in [1.82, 2.24) is 10.2 Å². The van der Waals surface area contributed by atoms with Gasteiger partial charge in [0.15, 0.2) is 0 Å². The van der Waals surface area contributed by atoms with Gasteiger partial charge in [0.05, 0.1) is 13.2 Å². The van der Waals surface area contributed by atoms with Crippen LogP contribution in [-0.4, -0.2) is 49.2 Å². The van der Waals surface area contributed by atoms with E-state index in [1.165, 1.54) is 0 Å². The molecule has 1 aliphatic carbocycles. The molecule has 1 atom stereocenters. The number of carbonyl (C=O) groups is 1. The van der Waals surface area contributed by atoms with Crippen molar-refractivity contribution < 1.29 is 9.53 Å². The third kappa shape index (κ3) is 3.06. The SMILES string of the molecule is C=CCN(C(=O)CC1COCCN1)C1CC1. The maximum absolute atomic E-state index is 12.1. The highest BCUT2D eigenvalue weighted by atomic mass is 16.5. The average molecular weight is 224 g/mol. The second-order valence-corrected chi connectivity index (χ2v) is 4.50. The first-order valence-corrected chi connectivity index (χ1v) is 6.02. The molecule has 4 nitrogen and oxygen atoms in total. The van der Waals surface area contributed by atoms with Gasteiger partial charge < -0.3 is 15.0 Å². The normalized spacial score (nSPS) is 25.1. The van der Waals surface area contributed by atoms with Crippen LogP contribution in [0.15, 0.2) is 12.7 Å². The monoisotopic (exact) mass is 224 g/mol. The molecule has 0 aromatic rings. The molecule has 2 rings (SSSR count). The summed E-state index contributed by atoms with van der Waals surface area (Å²) in [5.41, 5.74) is 0. The van der Waals surface area contributed by atoms with Gasteiger partial charge in [-0.25, -0.2) is 0 Å². The highest BCUT2D eigenvalue weighted by Crippen LogP contribution is 2.27. The molecule has 4 heteroatoms. The fourth-order valence-electron chi connectivity index (χ4n) is 2.06. The van der Waals surface area contributed by atoms with Gasteiger partial charge in [0, 0.05) is 31.6 Å². The lowest BCUT2D eigenvalue weighted by atomic mass is 10.1. The molecule has 2 fully saturated rings. The Hall–Kier alpha value is -0.870. The van der Waals surface area contributed by atoms with E-state index in [4.69, 9.17) is 4.74 Å². The van der Waals surface area contributed by atoms with Crippen LogP contribution in [0.4, 0.5) is 0 Å². The fourth-order valence-corrected chi connectivity index (χ4v) is 2.06. The summed E-state index contributed by atoms with van der Waals surface area (Å²) >= 11 is 0. The minimum absolute atomic E-state index is 0.187. The molecule has 1 amide bonds. The largest absolute Gasteiger partial charge is 0.378 e. The maximum Gasteiger partial charge on any atom is 0.224 e. The van der Waals surface area contributed by atoms with Gasteiger partial charge in [0.25, 0.3) is 0 Å². The second-order valence-electron chi connectivity index (χ2n) is 4.50. The van der Waals surface area contributed by atoms with E-state index in [-0.39, 0.29) is 11.9 Å². The number of rotatable bonds is 5. The van der Waals surface area contributed by atoms with Crippen molar-refractivity contribution >= 4 is 5.91 Å². The fraction of sp³-hybridized carbons (Fsp3) is 0.750. The van der Waals surface area contributed by atoms with Crippen LogP contribution in [0.1, 0.15) is 19.3 Å². The van der Waals surface area contributed by atoms with E-state index < -0.39 is 0 Å². The minimum atomic E-state index is 0.187. The van der Waals surface area contributed by atoms with Gasteiger partial charge in [-0.15, -0.1) is 6.58 Å². The zero-order valence-corrected chi connectivity index (χ0v) is 9.65. The first-order valence-electron chi connectivity index (χ1n) is 6.02. The number of nitrogens with one attached hydrogen (secondary N) is 1. The number of hydrogen-bond donors (Lipinski definition) is 1. The maximum atomic E-state index is 12.1. The molecule has 1 aliphatic heterocycles. The summed E-state index contributed by atoms with van der Waals surface area (Å²) in [6.45, 7) is 6.64. The van der Waals surface area contributed by atoms with Crippen molar-refractivity contribution in [3.8, 4) is 0 Å². The lowest BCUT2D eigenvalue weighted by Crippen LogP contribution is -2.45. The Balaban J connectivity index is 1.81. The molecule has 0 radical (unpaired) electrons. The molecule has 0 bridgehead atoms. The number of nitrogens with zero attached hydrogens (tertiary/aromatic N) is 1. The Morgan fingerprint density at radius 3 is 2.94 bits per heavy atom. The summed E-state index contributed by atoms with van der Waals surface area (Å²) in [4.78, 5) is 14.0. The van der Waals surface area contributed by atoms with E-state index in [1.54, 1.807) is 6.08 Å². The molecule has 0 aromatic heterocycles. The van der Waals surface area contributed by atoms with Crippen molar-refractivity contribution in [3.05, 3.63) is 12.7 Å². The number of morpholine rings is 1. The molecule has 1 heterocycles. The van der Waals surface area contributed by atoms with Crippen molar-refractivity contribution in [3.63, 3.8) is 0 Å². The molecule has 1 N–H and O–H groups in total. The van der Waals surface area contributed by atoms with E-state index in [0.717, 1.165) is 26.0 Å². The Labute approximate surface area is 96.6 Å². The zero-order valence-electron chi connectivity index (χ0n) is 9.65. The molecule has 1 unspecified atom stereocenters. The molecular formula is C12H20N2O2. The number of ether oxygens (including phenoxy) is 1. The van der Waals surface area contributed by atoms with Gasteiger partial charge in [0.1, 0.15) is 0 Å². The van der Waals surface area contributed by atoms with Crippen LogP contribution in [0.5, 0.6) is 0 Å².